The Morgan fingerprint density at radius 2 is 0.596 bits per heavy atom. The smallest absolute Gasteiger partial charge is 0.0622 e. The summed E-state index contributed by atoms with van der Waals surface area (Å²) in [7, 11) is 0. The van der Waals surface area contributed by atoms with E-state index in [-0.39, 0.29) is 5.92 Å². The van der Waals surface area contributed by atoms with Crippen LogP contribution in [0.4, 0.5) is 0 Å². The van der Waals surface area contributed by atoms with Crippen molar-refractivity contribution in [2.24, 2.45) is 0 Å². The Morgan fingerprint density at radius 3 is 0.957 bits per heavy atom. The van der Waals surface area contributed by atoms with Crippen LogP contribution in [0.3, 0.4) is 0 Å². The second kappa shape index (κ2) is 12.2. The van der Waals surface area contributed by atoms with E-state index in [1.807, 2.05) is 0 Å². The number of hydrogen-bond donors (Lipinski definition) is 0. The highest BCUT2D eigenvalue weighted by Gasteiger charge is 2.54. The first-order valence-corrected chi connectivity index (χ1v) is 16.5. The third-order valence-electron chi connectivity index (χ3n) is 10.1. The minimum atomic E-state index is -0.586. The highest BCUT2D eigenvalue weighted by Crippen LogP contribution is 2.62. The van der Waals surface area contributed by atoms with Gasteiger partial charge in [-0.2, -0.15) is 0 Å². The molecule has 224 valence electrons. The van der Waals surface area contributed by atoms with Crippen molar-refractivity contribution >= 4 is 6.08 Å². The maximum atomic E-state index is 2.51. The zero-order valence-corrected chi connectivity index (χ0v) is 26.3. The molecule has 0 saturated carbocycles. The molecule has 0 saturated heterocycles. The van der Waals surface area contributed by atoms with Gasteiger partial charge >= 0.3 is 0 Å². The molecule has 0 heteroatoms. The Bertz CT molecular complexity index is 1900. The van der Waals surface area contributed by atoms with Gasteiger partial charge in [0.2, 0.25) is 0 Å². The number of allylic oxidation sites excluding steroid dienone is 1. The molecule has 7 aromatic carbocycles. The van der Waals surface area contributed by atoms with Crippen molar-refractivity contribution in [3.8, 4) is 0 Å². The SMILES string of the molecule is C1=C(C(c2ccccc2)(c2ccccc2)c2ccccc2)C(C(c2ccccc2)(c2ccccc2)c2ccccc2)c2ccccc21. The van der Waals surface area contributed by atoms with Gasteiger partial charge in [-0.3, -0.25) is 0 Å². The zero-order chi connectivity index (χ0) is 31.5. The van der Waals surface area contributed by atoms with E-state index in [1.54, 1.807) is 0 Å². The van der Waals surface area contributed by atoms with E-state index in [9.17, 15) is 0 Å². The van der Waals surface area contributed by atoms with Crippen LogP contribution < -0.4 is 0 Å². The molecule has 0 aromatic heterocycles. The normalized spacial score (nSPS) is 14.3. The van der Waals surface area contributed by atoms with Gasteiger partial charge in [-0.25, -0.2) is 0 Å². The van der Waals surface area contributed by atoms with Crippen molar-refractivity contribution in [2.75, 3.05) is 0 Å². The lowest BCUT2D eigenvalue weighted by Crippen LogP contribution is -2.43. The quantitative estimate of drug-likeness (QED) is 0.152. The molecule has 1 aliphatic carbocycles. The molecule has 0 aliphatic heterocycles. The average molecular weight is 601 g/mol. The molecule has 0 heterocycles. The van der Waals surface area contributed by atoms with Crippen LogP contribution in [0.25, 0.3) is 6.08 Å². The number of rotatable bonds is 8. The first-order valence-electron chi connectivity index (χ1n) is 16.5. The maximum absolute atomic E-state index is 2.51. The van der Waals surface area contributed by atoms with Crippen LogP contribution >= 0.6 is 0 Å². The monoisotopic (exact) mass is 600 g/mol. The lowest BCUT2D eigenvalue weighted by molar-refractivity contribution is 0.496. The molecule has 0 fully saturated rings. The molecule has 0 bridgehead atoms. The van der Waals surface area contributed by atoms with Crippen LogP contribution in [-0.2, 0) is 10.8 Å². The van der Waals surface area contributed by atoms with Crippen LogP contribution in [0.15, 0.2) is 212 Å². The van der Waals surface area contributed by atoms with E-state index in [2.05, 4.69) is 212 Å². The molecule has 1 aliphatic rings. The van der Waals surface area contributed by atoms with Gasteiger partial charge in [0, 0.05) is 5.92 Å². The largest absolute Gasteiger partial charge is 0.0671 e. The Morgan fingerprint density at radius 1 is 0.298 bits per heavy atom. The van der Waals surface area contributed by atoms with Crippen molar-refractivity contribution in [1.82, 2.24) is 0 Å². The van der Waals surface area contributed by atoms with Gasteiger partial charge in [-0.1, -0.05) is 212 Å². The summed E-state index contributed by atoms with van der Waals surface area (Å²) in [4.78, 5) is 0. The molecule has 0 amide bonds. The van der Waals surface area contributed by atoms with Gasteiger partial charge in [0.05, 0.1) is 10.8 Å². The van der Waals surface area contributed by atoms with Gasteiger partial charge in [0.15, 0.2) is 0 Å². The predicted octanol–water partition coefficient (Wildman–Crippen LogP) is 11.2. The van der Waals surface area contributed by atoms with Gasteiger partial charge < -0.3 is 0 Å². The predicted molar refractivity (Wildman–Crippen MR) is 196 cm³/mol. The fraction of sp³-hybridized carbons (Fsp3) is 0.0638. The number of benzene rings is 7. The second-order valence-electron chi connectivity index (χ2n) is 12.4. The van der Waals surface area contributed by atoms with Crippen LogP contribution in [0.2, 0.25) is 0 Å². The van der Waals surface area contributed by atoms with Crippen molar-refractivity contribution in [1.29, 1.82) is 0 Å². The van der Waals surface area contributed by atoms with Crippen molar-refractivity contribution in [2.45, 2.75) is 16.7 Å². The highest BCUT2D eigenvalue weighted by molar-refractivity contribution is 5.78. The summed E-state index contributed by atoms with van der Waals surface area (Å²) in [6.07, 6.45) is 2.51. The molecule has 0 nitrogen and oxygen atoms in total. The summed E-state index contributed by atoms with van der Waals surface area (Å²) in [5.41, 5.74) is 10.4. The molecule has 1 atom stereocenters. The summed E-state index contributed by atoms with van der Waals surface area (Å²) in [5.74, 6) is -0.0495. The molecule has 0 radical (unpaired) electrons. The standard InChI is InChI=1S/C47H36/c1-7-22-37(23-8-1)46(38-24-9-2-10-25-38,39-26-11-3-12-27-39)44-35-36-21-19-20-34-43(36)45(44)47(40-28-13-4-14-29-40,41-30-15-5-16-31-41)42-32-17-6-18-33-42/h1-35,45H. The summed E-state index contributed by atoms with van der Waals surface area (Å²) in [6.45, 7) is 0. The number of hydrogen-bond acceptors (Lipinski definition) is 0. The van der Waals surface area contributed by atoms with Crippen LogP contribution in [0, 0.1) is 0 Å². The maximum Gasteiger partial charge on any atom is 0.0671 e. The summed E-state index contributed by atoms with van der Waals surface area (Å²) >= 11 is 0. The third-order valence-corrected chi connectivity index (χ3v) is 10.1. The lowest BCUT2D eigenvalue weighted by Gasteiger charge is -2.48. The van der Waals surface area contributed by atoms with E-state index < -0.39 is 10.8 Å². The van der Waals surface area contributed by atoms with Crippen molar-refractivity contribution in [3.63, 3.8) is 0 Å². The number of fused-ring (bicyclic) bond motifs is 1. The highest BCUT2D eigenvalue weighted by atomic mass is 14.6. The first-order chi connectivity index (χ1) is 23.3. The van der Waals surface area contributed by atoms with E-state index in [4.69, 9.17) is 0 Å². The molecular formula is C47H36. The fourth-order valence-electron chi connectivity index (χ4n) is 8.28. The van der Waals surface area contributed by atoms with Gasteiger partial charge in [0.25, 0.3) is 0 Å². The molecule has 7 aromatic rings. The first kappa shape index (κ1) is 28.7. The summed E-state index contributed by atoms with van der Waals surface area (Å²) < 4.78 is 0. The average Bonchev–Trinajstić information content (AvgIpc) is 3.55. The molecule has 47 heavy (non-hydrogen) atoms. The molecular weight excluding hydrogens is 565 g/mol. The van der Waals surface area contributed by atoms with Gasteiger partial charge in [-0.05, 0) is 50.1 Å². The third kappa shape index (κ3) is 4.60. The van der Waals surface area contributed by atoms with Gasteiger partial charge in [-0.15, -0.1) is 0 Å². The van der Waals surface area contributed by atoms with Crippen molar-refractivity contribution in [3.05, 3.63) is 256 Å². The summed E-state index contributed by atoms with van der Waals surface area (Å²) in [5, 5.41) is 0. The Hall–Kier alpha value is -5.72. The summed E-state index contributed by atoms with van der Waals surface area (Å²) in [6, 6.07) is 76.0. The van der Waals surface area contributed by atoms with E-state index in [0.717, 1.165) is 0 Å². The lowest BCUT2D eigenvalue weighted by atomic mass is 9.53. The second-order valence-corrected chi connectivity index (χ2v) is 12.4. The Labute approximate surface area is 278 Å². The fourth-order valence-corrected chi connectivity index (χ4v) is 8.28. The minimum absolute atomic E-state index is 0.0495. The Balaban J connectivity index is 1.58. The van der Waals surface area contributed by atoms with E-state index in [0.29, 0.717) is 0 Å². The molecule has 8 rings (SSSR count). The Kier molecular flexibility index (Phi) is 7.48. The topological polar surface area (TPSA) is 0 Å². The molecule has 1 unspecified atom stereocenters. The van der Waals surface area contributed by atoms with Gasteiger partial charge in [0.1, 0.15) is 0 Å². The van der Waals surface area contributed by atoms with Crippen LogP contribution in [0.1, 0.15) is 50.4 Å². The minimum Gasteiger partial charge on any atom is -0.0622 e. The molecule has 0 spiro atoms. The van der Waals surface area contributed by atoms with Crippen LogP contribution in [0.5, 0.6) is 0 Å². The zero-order valence-electron chi connectivity index (χ0n) is 26.3. The van der Waals surface area contributed by atoms with E-state index in [1.165, 1.54) is 50.1 Å². The van der Waals surface area contributed by atoms with Crippen molar-refractivity contribution < 1.29 is 0 Å². The van der Waals surface area contributed by atoms with E-state index >= 15 is 0 Å². The molecule has 0 N–H and O–H groups in total. The van der Waals surface area contributed by atoms with Crippen LogP contribution in [-0.4, -0.2) is 0 Å².